The molecule has 2 unspecified atom stereocenters. The van der Waals surface area contributed by atoms with E-state index in [4.69, 9.17) is 0 Å². The van der Waals surface area contributed by atoms with Crippen molar-refractivity contribution in [2.45, 2.75) is 32.6 Å². The second-order valence-corrected chi connectivity index (χ2v) is 9.09. The van der Waals surface area contributed by atoms with Gasteiger partial charge >= 0.3 is 0 Å². The summed E-state index contributed by atoms with van der Waals surface area (Å²) in [6, 6.07) is 20.9. The molecule has 0 spiro atoms. The molecule has 2 heterocycles. The van der Waals surface area contributed by atoms with Gasteiger partial charge in [-0.2, -0.15) is 0 Å². The van der Waals surface area contributed by atoms with Crippen LogP contribution in [-0.2, 0) is 4.79 Å². The van der Waals surface area contributed by atoms with Crippen LogP contribution in [0.4, 0.5) is 11.5 Å². The van der Waals surface area contributed by atoms with Gasteiger partial charge in [-0.15, -0.1) is 0 Å². The lowest BCUT2D eigenvalue weighted by molar-refractivity contribution is -0.122. The Labute approximate surface area is 198 Å². The Morgan fingerprint density at radius 2 is 1.76 bits per heavy atom. The molecule has 34 heavy (non-hydrogen) atoms. The molecule has 0 bridgehead atoms. The third kappa shape index (κ3) is 4.71. The number of rotatable bonds is 5. The van der Waals surface area contributed by atoms with Crippen LogP contribution in [0.15, 0.2) is 72.9 Å². The van der Waals surface area contributed by atoms with Gasteiger partial charge in [0.05, 0.1) is 0 Å². The Hall–Kier alpha value is -3.93. The number of carbonyl (C=O) groups is 2. The number of aromatic amines is 1. The third-order valence-corrected chi connectivity index (χ3v) is 6.70. The fourth-order valence-corrected chi connectivity index (χ4v) is 4.73. The first kappa shape index (κ1) is 21.9. The predicted octanol–water partition coefficient (Wildman–Crippen LogP) is 6.25. The summed E-state index contributed by atoms with van der Waals surface area (Å²) in [7, 11) is 0. The molecule has 3 N–H and O–H groups in total. The van der Waals surface area contributed by atoms with Crippen molar-refractivity contribution in [1.82, 2.24) is 9.97 Å². The monoisotopic (exact) mass is 452 g/mol. The van der Waals surface area contributed by atoms with Crippen molar-refractivity contribution < 1.29 is 9.59 Å². The second-order valence-electron chi connectivity index (χ2n) is 9.09. The fraction of sp³-hybridized carbons (Fsp3) is 0.250. The average Bonchev–Trinajstić information content (AvgIpc) is 3.29. The number of nitrogens with zero attached hydrogens (tertiary/aromatic N) is 1. The first-order valence-electron chi connectivity index (χ1n) is 11.8. The summed E-state index contributed by atoms with van der Waals surface area (Å²) in [5, 5.41) is 6.85. The van der Waals surface area contributed by atoms with Crippen LogP contribution < -0.4 is 10.6 Å². The van der Waals surface area contributed by atoms with E-state index in [1.165, 1.54) is 6.42 Å². The average molecular weight is 453 g/mol. The molecule has 0 saturated heterocycles. The molecule has 5 rings (SSSR count). The Bertz CT molecular complexity index is 1310. The van der Waals surface area contributed by atoms with Gasteiger partial charge in [-0.1, -0.05) is 38.0 Å². The highest BCUT2D eigenvalue weighted by Crippen LogP contribution is 2.31. The van der Waals surface area contributed by atoms with Gasteiger partial charge in [0.2, 0.25) is 5.91 Å². The van der Waals surface area contributed by atoms with Gasteiger partial charge in [0.1, 0.15) is 5.82 Å². The van der Waals surface area contributed by atoms with Crippen LogP contribution in [0.2, 0.25) is 0 Å². The molecule has 172 valence electrons. The Morgan fingerprint density at radius 1 is 0.941 bits per heavy atom. The number of carbonyl (C=O) groups excluding carboxylic acids is 2. The highest BCUT2D eigenvalue weighted by Gasteiger charge is 2.27. The van der Waals surface area contributed by atoms with Crippen molar-refractivity contribution in [2.75, 3.05) is 10.6 Å². The number of amides is 2. The molecule has 2 amide bonds. The first-order valence-corrected chi connectivity index (χ1v) is 11.8. The van der Waals surface area contributed by atoms with Gasteiger partial charge in [0, 0.05) is 40.0 Å². The number of fused-ring (bicyclic) bond motifs is 1. The molecule has 6 nitrogen and oxygen atoms in total. The quantitative estimate of drug-likeness (QED) is 0.335. The molecule has 2 atom stereocenters. The lowest BCUT2D eigenvalue weighted by atomic mass is 9.80. The highest BCUT2D eigenvalue weighted by molar-refractivity contribution is 6.06. The summed E-state index contributed by atoms with van der Waals surface area (Å²) < 4.78 is 0. The van der Waals surface area contributed by atoms with Crippen molar-refractivity contribution in [1.29, 1.82) is 0 Å². The molecule has 1 aliphatic rings. The van der Waals surface area contributed by atoms with E-state index in [-0.39, 0.29) is 17.7 Å². The molecular formula is C28H28N4O2. The number of anilines is 2. The lowest BCUT2D eigenvalue weighted by Crippen LogP contribution is -2.30. The summed E-state index contributed by atoms with van der Waals surface area (Å²) >= 11 is 0. The van der Waals surface area contributed by atoms with Crippen LogP contribution >= 0.6 is 0 Å². The zero-order valence-corrected chi connectivity index (χ0v) is 19.2. The Morgan fingerprint density at radius 3 is 2.53 bits per heavy atom. The minimum atomic E-state index is -0.198. The molecule has 4 aromatic rings. The minimum Gasteiger partial charge on any atom is -0.355 e. The number of hydrogen-bond donors (Lipinski definition) is 3. The molecule has 1 aliphatic carbocycles. The van der Waals surface area contributed by atoms with Gasteiger partial charge in [0.15, 0.2) is 0 Å². The molecule has 1 fully saturated rings. The first-order chi connectivity index (χ1) is 16.6. The van der Waals surface area contributed by atoms with Crippen LogP contribution in [0.3, 0.4) is 0 Å². The van der Waals surface area contributed by atoms with E-state index in [1.54, 1.807) is 24.4 Å². The SMILES string of the molecule is CC1CCCCC1C(=O)Nc1ccc(-c2cc3cc(C(=O)Nc4ccccn4)ccc3[nH]2)cc1. The maximum atomic E-state index is 12.7. The van der Waals surface area contributed by atoms with E-state index >= 15 is 0 Å². The molecule has 0 radical (unpaired) electrons. The van der Waals surface area contributed by atoms with Crippen LogP contribution in [-0.4, -0.2) is 21.8 Å². The van der Waals surface area contributed by atoms with Crippen LogP contribution in [0.1, 0.15) is 43.0 Å². The maximum Gasteiger partial charge on any atom is 0.256 e. The van der Waals surface area contributed by atoms with Gasteiger partial charge in [-0.05, 0) is 72.9 Å². The van der Waals surface area contributed by atoms with E-state index in [1.807, 2.05) is 48.5 Å². The Balaban J connectivity index is 1.29. The van der Waals surface area contributed by atoms with Gasteiger partial charge in [0.25, 0.3) is 5.91 Å². The molecule has 1 saturated carbocycles. The molecular weight excluding hydrogens is 424 g/mol. The van der Waals surface area contributed by atoms with Gasteiger partial charge in [-0.25, -0.2) is 4.98 Å². The highest BCUT2D eigenvalue weighted by atomic mass is 16.2. The number of aromatic nitrogens is 2. The van der Waals surface area contributed by atoms with Crippen LogP contribution in [0, 0.1) is 11.8 Å². The van der Waals surface area contributed by atoms with E-state index in [2.05, 4.69) is 27.5 Å². The van der Waals surface area contributed by atoms with Crippen molar-refractivity contribution in [3.05, 3.63) is 78.5 Å². The summed E-state index contributed by atoms with van der Waals surface area (Å²) in [6.07, 6.45) is 6.10. The van der Waals surface area contributed by atoms with E-state index in [0.29, 0.717) is 17.3 Å². The molecule has 6 heteroatoms. The Kier molecular flexibility index (Phi) is 6.12. The van der Waals surface area contributed by atoms with Crippen molar-refractivity contribution in [2.24, 2.45) is 11.8 Å². The third-order valence-electron chi connectivity index (χ3n) is 6.70. The topological polar surface area (TPSA) is 86.9 Å². The molecule has 0 aliphatic heterocycles. The zero-order chi connectivity index (χ0) is 23.5. The molecule has 2 aromatic carbocycles. The number of nitrogens with one attached hydrogen (secondary N) is 3. The predicted molar refractivity (Wildman–Crippen MR) is 136 cm³/mol. The second kappa shape index (κ2) is 9.51. The van der Waals surface area contributed by atoms with Crippen molar-refractivity contribution in [3.63, 3.8) is 0 Å². The zero-order valence-electron chi connectivity index (χ0n) is 19.2. The number of H-pyrrole nitrogens is 1. The summed E-state index contributed by atoms with van der Waals surface area (Å²) in [5.41, 5.74) is 4.30. The minimum absolute atomic E-state index is 0.103. The smallest absolute Gasteiger partial charge is 0.256 e. The van der Waals surface area contributed by atoms with Crippen LogP contribution in [0.5, 0.6) is 0 Å². The summed E-state index contributed by atoms with van der Waals surface area (Å²) in [5.74, 6) is 0.992. The van der Waals surface area contributed by atoms with Gasteiger partial charge in [-0.3, -0.25) is 9.59 Å². The normalized spacial score (nSPS) is 17.9. The maximum absolute atomic E-state index is 12.7. The van der Waals surface area contributed by atoms with E-state index in [0.717, 1.165) is 47.1 Å². The lowest BCUT2D eigenvalue weighted by Gasteiger charge is -2.27. The van der Waals surface area contributed by atoms with E-state index < -0.39 is 0 Å². The summed E-state index contributed by atoms with van der Waals surface area (Å²) in [6.45, 7) is 2.18. The summed E-state index contributed by atoms with van der Waals surface area (Å²) in [4.78, 5) is 32.9. The van der Waals surface area contributed by atoms with Crippen molar-refractivity contribution >= 4 is 34.2 Å². The number of pyridine rings is 1. The van der Waals surface area contributed by atoms with Crippen LogP contribution in [0.25, 0.3) is 22.2 Å². The molecule has 2 aromatic heterocycles. The van der Waals surface area contributed by atoms with Gasteiger partial charge < -0.3 is 15.6 Å². The number of hydrogen-bond acceptors (Lipinski definition) is 3. The van der Waals surface area contributed by atoms with E-state index in [9.17, 15) is 9.59 Å². The largest absolute Gasteiger partial charge is 0.355 e. The fourth-order valence-electron chi connectivity index (χ4n) is 4.73. The standard InChI is InChI=1S/C28H28N4O2/c1-18-6-2-3-7-23(18)28(34)30-22-12-9-19(10-13-22)25-17-21-16-20(11-14-24(21)31-25)27(33)32-26-8-4-5-15-29-26/h4-5,8-18,23,31H,2-3,6-7H2,1H3,(H,30,34)(H,29,32,33). The van der Waals surface area contributed by atoms with Crippen molar-refractivity contribution in [3.8, 4) is 11.3 Å². The number of benzene rings is 2.